The van der Waals surface area contributed by atoms with E-state index >= 15 is 0 Å². The van der Waals surface area contributed by atoms with Crippen molar-refractivity contribution in [2.24, 2.45) is 0 Å². The third-order valence-corrected chi connectivity index (χ3v) is 5.42. The molecular weight excluding hydrogens is 384 g/mol. The summed E-state index contributed by atoms with van der Waals surface area (Å²) in [5, 5.41) is 3.48. The average Bonchev–Trinajstić information content (AvgIpc) is 2.90. The number of hydrogen-bond donors (Lipinski definition) is 1. The van der Waals surface area contributed by atoms with Gasteiger partial charge in [-0.3, -0.25) is 4.79 Å². The molecule has 1 unspecified atom stereocenters. The fourth-order valence-electron chi connectivity index (χ4n) is 3.78. The Kier molecular flexibility index (Phi) is 6.15. The first-order chi connectivity index (χ1) is 13.7. The zero-order chi connectivity index (χ0) is 21.2. The van der Waals surface area contributed by atoms with Crippen LogP contribution in [-0.2, 0) is 24.1 Å². The van der Waals surface area contributed by atoms with Crippen molar-refractivity contribution in [3.63, 3.8) is 0 Å². The van der Waals surface area contributed by atoms with Crippen LogP contribution in [0.25, 0.3) is 0 Å². The molecule has 0 spiro atoms. The minimum absolute atomic E-state index is 0.0259. The van der Waals surface area contributed by atoms with Crippen LogP contribution in [0.2, 0.25) is 0 Å². The number of anilines is 1. The second-order valence-corrected chi connectivity index (χ2v) is 7.30. The van der Waals surface area contributed by atoms with Crippen molar-refractivity contribution in [1.29, 1.82) is 0 Å². The highest BCUT2D eigenvalue weighted by molar-refractivity contribution is 5.82. The normalized spacial score (nSPS) is 15.4. The second kappa shape index (κ2) is 8.43. The van der Waals surface area contributed by atoms with E-state index < -0.39 is 12.1 Å². The van der Waals surface area contributed by atoms with Crippen LogP contribution in [0, 0.1) is 5.82 Å². The van der Waals surface area contributed by atoms with E-state index in [9.17, 15) is 22.4 Å². The molecule has 0 radical (unpaired) electrons. The highest BCUT2D eigenvalue weighted by atomic mass is 19.4. The van der Waals surface area contributed by atoms with E-state index in [0.717, 1.165) is 39.3 Å². The number of carbonyl (C=O) groups excluding carboxylic acids is 1. The summed E-state index contributed by atoms with van der Waals surface area (Å²) in [4.78, 5) is 12.6. The molecule has 29 heavy (non-hydrogen) atoms. The van der Waals surface area contributed by atoms with Crippen LogP contribution in [0.1, 0.15) is 42.1 Å². The number of amides is 1. The molecule has 1 aliphatic heterocycles. The third kappa shape index (κ3) is 4.71. The molecule has 1 aliphatic rings. The predicted octanol–water partition coefficient (Wildman–Crippen LogP) is 5.05. The predicted molar refractivity (Wildman–Crippen MR) is 104 cm³/mol. The fourth-order valence-corrected chi connectivity index (χ4v) is 3.78. The van der Waals surface area contributed by atoms with E-state index in [-0.39, 0.29) is 24.9 Å². The van der Waals surface area contributed by atoms with Crippen LogP contribution in [-0.4, -0.2) is 30.1 Å². The van der Waals surface area contributed by atoms with Crippen LogP contribution < -0.4 is 5.32 Å². The van der Waals surface area contributed by atoms with Crippen molar-refractivity contribution in [2.75, 3.05) is 18.4 Å². The molecule has 2 aromatic carbocycles. The van der Waals surface area contributed by atoms with E-state index in [4.69, 9.17) is 0 Å². The summed E-state index contributed by atoms with van der Waals surface area (Å²) >= 11 is 0. The monoisotopic (exact) mass is 408 g/mol. The highest BCUT2D eigenvalue weighted by Gasteiger charge is 2.42. The summed E-state index contributed by atoms with van der Waals surface area (Å²) in [7, 11) is 0. The lowest BCUT2D eigenvalue weighted by atomic mass is 9.95. The zero-order valence-electron chi connectivity index (χ0n) is 16.4. The van der Waals surface area contributed by atoms with Crippen LogP contribution in [0.3, 0.4) is 0 Å². The second-order valence-electron chi connectivity index (χ2n) is 7.30. The molecule has 0 aromatic heterocycles. The van der Waals surface area contributed by atoms with E-state index in [2.05, 4.69) is 5.32 Å². The van der Waals surface area contributed by atoms with E-state index in [0.29, 0.717) is 12.8 Å². The molecule has 0 aliphatic carbocycles. The molecule has 1 amide bonds. The molecule has 0 fully saturated rings. The fraction of sp³-hybridized carbons (Fsp3) is 0.409. The summed E-state index contributed by atoms with van der Waals surface area (Å²) in [6.45, 7) is 4.05. The Balaban J connectivity index is 1.88. The molecule has 0 saturated heterocycles. The van der Waals surface area contributed by atoms with E-state index in [1.165, 1.54) is 12.1 Å². The van der Waals surface area contributed by atoms with Gasteiger partial charge < -0.3 is 10.2 Å². The number of fused-ring (bicyclic) bond motifs is 1. The molecule has 1 N–H and O–H groups in total. The molecule has 7 heteroatoms. The van der Waals surface area contributed by atoms with Crippen molar-refractivity contribution in [1.82, 2.24) is 4.90 Å². The summed E-state index contributed by atoms with van der Waals surface area (Å²) in [5.74, 6) is -2.09. The Morgan fingerprint density at radius 1 is 1.10 bits per heavy atom. The van der Waals surface area contributed by atoms with Gasteiger partial charge in [0.15, 0.2) is 0 Å². The van der Waals surface area contributed by atoms with Gasteiger partial charge in [-0.05, 0) is 60.6 Å². The molecule has 1 heterocycles. The van der Waals surface area contributed by atoms with Gasteiger partial charge in [-0.1, -0.05) is 31.2 Å². The van der Waals surface area contributed by atoms with Crippen LogP contribution in [0.5, 0.6) is 0 Å². The largest absolute Gasteiger partial charge is 0.471 e. The average molecular weight is 408 g/mol. The number of nitrogens with zero attached hydrogens (tertiary/aromatic N) is 1. The highest BCUT2D eigenvalue weighted by Crippen LogP contribution is 2.32. The number of rotatable bonds is 4. The standard InChI is InChI=1S/C22H24F4N2O/c1-3-15-4-5-17-10-12-28(21(29)22(24,25)26)13-11-19(17)20(15)27-14(2)16-6-8-18(23)9-7-16/h4-9,14,27H,3,10-13H2,1-2H3. The van der Waals surface area contributed by atoms with Gasteiger partial charge in [-0.2, -0.15) is 13.2 Å². The molecule has 3 rings (SSSR count). The Morgan fingerprint density at radius 3 is 2.38 bits per heavy atom. The van der Waals surface area contributed by atoms with Crippen LogP contribution >= 0.6 is 0 Å². The molecule has 0 saturated carbocycles. The van der Waals surface area contributed by atoms with Crippen molar-refractivity contribution >= 4 is 11.6 Å². The number of carbonyl (C=O) groups is 1. The van der Waals surface area contributed by atoms with Gasteiger partial charge >= 0.3 is 12.1 Å². The maximum Gasteiger partial charge on any atom is 0.471 e. The number of alkyl halides is 3. The Morgan fingerprint density at radius 2 is 1.76 bits per heavy atom. The first-order valence-corrected chi connectivity index (χ1v) is 9.72. The lowest BCUT2D eigenvalue weighted by Gasteiger charge is -2.23. The molecule has 3 nitrogen and oxygen atoms in total. The van der Waals surface area contributed by atoms with Crippen molar-refractivity contribution in [3.05, 3.63) is 64.5 Å². The Labute approximate surface area is 167 Å². The molecule has 1 atom stereocenters. The number of nitrogens with one attached hydrogen (secondary N) is 1. The zero-order valence-corrected chi connectivity index (χ0v) is 16.4. The van der Waals surface area contributed by atoms with E-state index in [1.807, 2.05) is 26.0 Å². The van der Waals surface area contributed by atoms with Gasteiger partial charge in [0.1, 0.15) is 5.82 Å². The number of hydrogen-bond acceptors (Lipinski definition) is 2. The maximum atomic E-state index is 13.2. The quantitative estimate of drug-likeness (QED) is 0.718. The minimum Gasteiger partial charge on any atom is -0.378 e. The first kappa shape index (κ1) is 21.1. The van der Waals surface area contributed by atoms with Gasteiger partial charge in [0.2, 0.25) is 0 Å². The Bertz CT molecular complexity index is 878. The number of aryl methyl sites for hydroxylation is 1. The van der Waals surface area contributed by atoms with Crippen molar-refractivity contribution in [3.8, 4) is 0 Å². The summed E-state index contributed by atoms with van der Waals surface area (Å²) < 4.78 is 51.8. The van der Waals surface area contributed by atoms with Gasteiger partial charge in [0.05, 0.1) is 0 Å². The van der Waals surface area contributed by atoms with Gasteiger partial charge in [-0.25, -0.2) is 4.39 Å². The summed E-state index contributed by atoms with van der Waals surface area (Å²) in [6.07, 6.45) is -3.37. The lowest BCUT2D eigenvalue weighted by Crippen LogP contribution is -2.42. The van der Waals surface area contributed by atoms with Crippen LogP contribution in [0.15, 0.2) is 36.4 Å². The first-order valence-electron chi connectivity index (χ1n) is 9.72. The van der Waals surface area contributed by atoms with Crippen molar-refractivity contribution < 1.29 is 22.4 Å². The summed E-state index contributed by atoms with van der Waals surface area (Å²) in [6, 6.07) is 10.1. The Hall–Kier alpha value is -2.57. The van der Waals surface area contributed by atoms with Crippen LogP contribution in [0.4, 0.5) is 23.2 Å². The number of benzene rings is 2. The summed E-state index contributed by atoms with van der Waals surface area (Å²) in [5.41, 5.74) is 4.79. The van der Waals surface area contributed by atoms with E-state index in [1.54, 1.807) is 12.1 Å². The molecule has 0 bridgehead atoms. The SMILES string of the molecule is CCc1ccc2c(c1NC(C)c1ccc(F)cc1)CCN(C(=O)C(F)(F)F)CC2. The maximum absolute atomic E-state index is 13.2. The van der Waals surface area contributed by atoms with Crippen molar-refractivity contribution in [2.45, 2.75) is 45.3 Å². The third-order valence-electron chi connectivity index (χ3n) is 5.42. The molecular formula is C22H24F4N2O. The van der Waals surface area contributed by atoms with Gasteiger partial charge in [0, 0.05) is 24.8 Å². The lowest BCUT2D eigenvalue weighted by molar-refractivity contribution is -0.185. The minimum atomic E-state index is -4.86. The number of halogens is 4. The smallest absolute Gasteiger partial charge is 0.378 e. The topological polar surface area (TPSA) is 32.3 Å². The van der Waals surface area contributed by atoms with Gasteiger partial charge in [-0.15, -0.1) is 0 Å². The molecule has 2 aromatic rings. The van der Waals surface area contributed by atoms with Gasteiger partial charge in [0.25, 0.3) is 0 Å². The molecule has 156 valence electrons.